The first-order chi connectivity index (χ1) is 19.0. The van der Waals surface area contributed by atoms with Crippen molar-refractivity contribution < 1.29 is 27.5 Å². The third-order valence-electron chi connectivity index (χ3n) is 6.12. The Bertz CT molecular complexity index is 1450. The molecule has 3 aromatic carbocycles. The Morgan fingerprint density at radius 3 is 2.20 bits per heavy atom. The van der Waals surface area contributed by atoms with Crippen molar-refractivity contribution in [1.82, 2.24) is 10.2 Å². The second kappa shape index (κ2) is 13.7. The number of carbonyl (C=O) groups excluding carboxylic acids is 2. The molecule has 0 bridgehead atoms. The van der Waals surface area contributed by atoms with E-state index < -0.39 is 28.5 Å². The Balaban J connectivity index is 2.08. The SMILES string of the molecule is CCNC(=O)C(C)N(Cc1ccc(Cl)c(Cl)c1)C(=O)CN(c1ccc(OC)c(OC)c1)S(=O)(=O)c1ccccc1. The number of ether oxygens (including phenoxy) is 2. The predicted molar refractivity (Wildman–Crippen MR) is 156 cm³/mol. The maximum absolute atomic E-state index is 13.9. The minimum Gasteiger partial charge on any atom is -0.493 e. The molecule has 1 N–H and O–H groups in total. The van der Waals surface area contributed by atoms with Crippen molar-refractivity contribution in [3.63, 3.8) is 0 Å². The molecule has 40 heavy (non-hydrogen) atoms. The molecule has 1 unspecified atom stereocenters. The van der Waals surface area contributed by atoms with Crippen molar-refractivity contribution in [3.8, 4) is 11.5 Å². The predicted octanol–water partition coefficient (Wildman–Crippen LogP) is 4.76. The average molecular weight is 609 g/mol. The molecule has 0 heterocycles. The first kappa shape index (κ1) is 31.1. The number of hydrogen-bond acceptors (Lipinski definition) is 6. The molecule has 3 aromatic rings. The zero-order chi connectivity index (χ0) is 29.4. The number of nitrogens with one attached hydrogen (secondary N) is 1. The minimum absolute atomic E-state index is 0.00890. The molecule has 0 aliphatic carbocycles. The largest absolute Gasteiger partial charge is 0.493 e. The summed E-state index contributed by atoms with van der Waals surface area (Å²) in [6.07, 6.45) is 0. The van der Waals surface area contributed by atoms with Crippen LogP contribution >= 0.6 is 23.2 Å². The standard InChI is InChI=1S/C28H31Cl2N3O6S/c1-5-31-28(35)19(2)32(17-20-11-13-23(29)24(30)15-20)27(34)18-33(40(36,37)22-9-7-6-8-10-22)21-12-14-25(38-3)26(16-21)39-4/h6-16,19H,5,17-18H2,1-4H3,(H,31,35). The molecule has 0 aliphatic rings. The van der Waals surface area contributed by atoms with Crippen LogP contribution in [-0.2, 0) is 26.2 Å². The molecule has 0 spiro atoms. The van der Waals surface area contributed by atoms with Gasteiger partial charge in [-0.05, 0) is 55.8 Å². The zero-order valence-corrected chi connectivity index (χ0v) is 24.9. The fraction of sp³-hybridized carbons (Fsp3) is 0.286. The third kappa shape index (κ3) is 7.18. The van der Waals surface area contributed by atoms with Crippen LogP contribution in [0.2, 0.25) is 10.0 Å². The highest BCUT2D eigenvalue weighted by molar-refractivity contribution is 7.92. The molecule has 12 heteroatoms. The van der Waals surface area contributed by atoms with Crippen LogP contribution in [0.1, 0.15) is 19.4 Å². The lowest BCUT2D eigenvalue weighted by atomic mass is 10.1. The minimum atomic E-state index is -4.22. The quantitative estimate of drug-likeness (QED) is 0.318. The van der Waals surface area contributed by atoms with Gasteiger partial charge in [0.15, 0.2) is 11.5 Å². The summed E-state index contributed by atoms with van der Waals surface area (Å²) < 4.78 is 39.4. The van der Waals surface area contributed by atoms with Crippen LogP contribution in [0, 0.1) is 0 Å². The third-order valence-corrected chi connectivity index (χ3v) is 8.65. The maximum atomic E-state index is 13.9. The van der Waals surface area contributed by atoms with E-state index in [0.29, 0.717) is 22.9 Å². The Morgan fingerprint density at radius 2 is 1.60 bits per heavy atom. The van der Waals surface area contributed by atoms with Gasteiger partial charge in [0, 0.05) is 19.2 Å². The van der Waals surface area contributed by atoms with Crippen molar-refractivity contribution in [1.29, 1.82) is 0 Å². The van der Waals surface area contributed by atoms with Crippen molar-refractivity contribution in [2.45, 2.75) is 31.3 Å². The van der Waals surface area contributed by atoms with Crippen molar-refractivity contribution in [2.24, 2.45) is 0 Å². The van der Waals surface area contributed by atoms with Crippen molar-refractivity contribution in [3.05, 3.63) is 82.3 Å². The van der Waals surface area contributed by atoms with Crippen LogP contribution in [-0.4, -0.2) is 58.5 Å². The highest BCUT2D eigenvalue weighted by atomic mass is 35.5. The Morgan fingerprint density at radius 1 is 0.925 bits per heavy atom. The molecule has 0 aliphatic heterocycles. The van der Waals surface area contributed by atoms with Crippen LogP contribution in [0.4, 0.5) is 5.69 Å². The van der Waals surface area contributed by atoms with E-state index in [1.807, 2.05) is 0 Å². The number of methoxy groups -OCH3 is 2. The summed E-state index contributed by atoms with van der Waals surface area (Å²) in [5.41, 5.74) is 0.789. The molecule has 0 aromatic heterocycles. The van der Waals surface area contributed by atoms with E-state index in [9.17, 15) is 18.0 Å². The highest BCUT2D eigenvalue weighted by Gasteiger charge is 2.33. The topological polar surface area (TPSA) is 105 Å². The van der Waals surface area contributed by atoms with E-state index in [-0.39, 0.29) is 33.8 Å². The normalized spacial score (nSPS) is 11.8. The number of carbonyl (C=O) groups is 2. The van der Waals surface area contributed by atoms with Gasteiger partial charge in [0.2, 0.25) is 11.8 Å². The number of likely N-dealkylation sites (N-methyl/N-ethyl adjacent to an activating group) is 1. The van der Waals surface area contributed by atoms with Crippen LogP contribution in [0.3, 0.4) is 0 Å². The molecule has 214 valence electrons. The van der Waals surface area contributed by atoms with Gasteiger partial charge in [-0.25, -0.2) is 8.42 Å². The lowest BCUT2D eigenvalue weighted by Crippen LogP contribution is -2.51. The number of amides is 2. The van der Waals surface area contributed by atoms with Gasteiger partial charge in [0.25, 0.3) is 10.0 Å². The second-order valence-corrected chi connectivity index (χ2v) is 11.4. The lowest BCUT2D eigenvalue weighted by molar-refractivity contribution is -0.139. The first-order valence-electron chi connectivity index (χ1n) is 12.3. The Labute approximate surface area is 244 Å². The van der Waals surface area contributed by atoms with Gasteiger partial charge >= 0.3 is 0 Å². The summed E-state index contributed by atoms with van der Waals surface area (Å²) in [6, 6.07) is 16.3. The molecule has 0 saturated heterocycles. The summed E-state index contributed by atoms with van der Waals surface area (Å²) in [4.78, 5) is 28.0. The van der Waals surface area contributed by atoms with Crippen LogP contribution < -0.4 is 19.1 Å². The smallest absolute Gasteiger partial charge is 0.264 e. The highest BCUT2D eigenvalue weighted by Crippen LogP contribution is 2.34. The molecule has 0 saturated carbocycles. The Hall–Kier alpha value is -3.47. The summed E-state index contributed by atoms with van der Waals surface area (Å²) in [5, 5.41) is 3.34. The lowest BCUT2D eigenvalue weighted by Gasteiger charge is -2.32. The van der Waals surface area contributed by atoms with Gasteiger partial charge < -0.3 is 19.7 Å². The fourth-order valence-electron chi connectivity index (χ4n) is 3.97. The van der Waals surface area contributed by atoms with E-state index in [1.165, 1.54) is 43.4 Å². The summed E-state index contributed by atoms with van der Waals surface area (Å²) in [5.74, 6) is -0.330. The molecule has 0 fully saturated rings. The van der Waals surface area contributed by atoms with E-state index in [4.69, 9.17) is 32.7 Å². The number of nitrogens with zero attached hydrogens (tertiary/aromatic N) is 2. The molecule has 0 radical (unpaired) electrons. The average Bonchev–Trinajstić information content (AvgIpc) is 2.96. The van der Waals surface area contributed by atoms with Gasteiger partial charge in [-0.15, -0.1) is 0 Å². The zero-order valence-electron chi connectivity index (χ0n) is 22.6. The van der Waals surface area contributed by atoms with Gasteiger partial charge in [-0.2, -0.15) is 0 Å². The van der Waals surface area contributed by atoms with Crippen LogP contribution in [0.25, 0.3) is 0 Å². The Kier molecular flexibility index (Phi) is 10.7. The van der Waals surface area contributed by atoms with E-state index in [0.717, 1.165) is 4.31 Å². The van der Waals surface area contributed by atoms with E-state index in [2.05, 4.69) is 5.32 Å². The number of halogens is 2. The molecule has 2 amide bonds. The monoisotopic (exact) mass is 607 g/mol. The molecule has 1 atom stereocenters. The number of anilines is 1. The van der Waals surface area contributed by atoms with Crippen LogP contribution in [0.15, 0.2) is 71.6 Å². The summed E-state index contributed by atoms with van der Waals surface area (Å²) in [7, 11) is -1.33. The molecular formula is C28H31Cl2N3O6S. The number of benzene rings is 3. The van der Waals surface area contributed by atoms with Gasteiger partial charge in [-0.3, -0.25) is 13.9 Å². The van der Waals surface area contributed by atoms with Crippen LogP contribution in [0.5, 0.6) is 11.5 Å². The number of rotatable bonds is 12. The van der Waals surface area contributed by atoms with Gasteiger partial charge in [0.05, 0.1) is 34.8 Å². The molecule has 3 rings (SSSR count). The summed E-state index contributed by atoms with van der Waals surface area (Å²) >= 11 is 12.2. The van der Waals surface area contributed by atoms with E-state index in [1.54, 1.807) is 56.3 Å². The van der Waals surface area contributed by atoms with Crippen molar-refractivity contribution in [2.75, 3.05) is 31.6 Å². The number of sulfonamides is 1. The maximum Gasteiger partial charge on any atom is 0.264 e. The fourth-order valence-corrected chi connectivity index (χ4v) is 5.72. The number of hydrogen-bond donors (Lipinski definition) is 1. The first-order valence-corrected chi connectivity index (χ1v) is 14.5. The molecular weight excluding hydrogens is 577 g/mol. The second-order valence-electron chi connectivity index (χ2n) is 8.70. The van der Waals surface area contributed by atoms with E-state index >= 15 is 0 Å². The summed E-state index contributed by atoms with van der Waals surface area (Å²) in [6.45, 7) is 3.09. The van der Waals surface area contributed by atoms with Crippen molar-refractivity contribution >= 4 is 50.7 Å². The molecule has 9 nitrogen and oxygen atoms in total. The van der Waals surface area contributed by atoms with Gasteiger partial charge in [-0.1, -0.05) is 47.5 Å². The van der Waals surface area contributed by atoms with Gasteiger partial charge in [0.1, 0.15) is 12.6 Å².